The summed E-state index contributed by atoms with van der Waals surface area (Å²) in [4.78, 5) is 38.1. The monoisotopic (exact) mass is 368 g/mol. The van der Waals surface area contributed by atoms with E-state index < -0.39 is 17.9 Å². The van der Waals surface area contributed by atoms with E-state index in [0.717, 1.165) is 4.88 Å². The topological polar surface area (TPSA) is 95.9 Å². The number of carbonyl (C=O) groups excluding carboxylic acids is 2. The van der Waals surface area contributed by atoms with Crippen LogP contribution in [0.3, 0.4) is 0 Å². The largest absolute Gasteiger partial charge is 0.477 e. The van der Waals surface area contributed by atoms with Crippen LogP contribution in [0.4, 0.5) is 0 Å². The SMILES string of the molecule is COCC1=C(C(=O)O)N2C(=O)C(NC(=O)Cc3cccs3)C2SC1. The minimum atomic E-state index is -1.15. The highest BCUT2D eigenvalue weighted by Gasteiger charge is 2.54. The number of methoxy groups -OCH3 is 1. The fraction of sp³-hybridized carbons (Fsp3) is 0.400. The van der Waals surface area contributed by atoms with Gasteiger partial charge in [-0.05, 0) is 17.0 Å². The van der Waals surface area contributed by atoms with Crippen LogP contribution < -0.4 is 5.32 Å². The second kappa shape index (κ2) is 6.96. The molecule has 0 saturated carbocycles. The first-order chi connectivity index (χ1) is 11.5. The maximum Gasteiger partial charge on any atom is 0.352 e. The standard InChI is InChI=1S/C15H16N2O5S2/c1-22-6-8-7-24-14-11(13(19)17(14)12(8)15(20)21)16-10(18)5-9-3-2-4-23-9/h2-4,11,14H,5-7H2,1H3,(H,16,18)(H,20,21). The maximum atomic E-state index is 12.4. The summed E-state index contributed by atoms with van der Waals surface area (Å²) < 4.78 is 5.01. The molecule has 9 heteroatoms. The number of hydrogen-bond acceptors (Lipinski definition) is 6. The number of nitrogens with zero attached hydrogens (tertiary/aromatic N) is 1. The Balaban J connectivity index is 1.70. The number of carboxylic acids is 1. The lowest BCUT2D eigenvalue weighted by Crippen LogP contribution is -2.70. The number of hydrogen-bond donors (Lipinski definition) is 2. The molecule has 1 aromatic rings. The van der Waals surface area contributed by atoms with E-state index in [4.69, 9.17) is 4.74 Å². The average molecular weight is 368 g/mol. The molecule has 2 N–H and O–H groups in total. The van der Waals surface area contributed by atoms with Gasteiger partial charge in [0.2, 0.25) is 5.91 Å². The van der Waals surface area contributed by atoms with Crippen molar-refractivity contribution in [1.82, 2.24) is 10.2 Å². The van der Waals surface area contributed by atoms with Gasteiger partial charge in [0.15, 0.2) is 0 Å². The number of thiophene rings is 1. The Labute approximate surface area is 146 Å². The molecule has 1 fully saturated rings. The van der Waals surface area contributed by atoms with Crippen molar-refractivity contribution >= 4 is 40.9 Å². The summed E-state index contributed by atoms with van der Waals surface area (Å²) in [5.74, 6) is -1.32. The number of amides is 2. The lowest BCUT2D eigenvalue weighted by molar-refractivity contribution is -0.150. The summed E-state index contributed by atoms with van der Waals surface area (Å²) in [7, 11) is 1.48. The molecule has 0 spiro atoms. The average Bonchev–Trinajstić information content (AvgIpc) is 3.05. The van der Waals surface area contributed by atoms with Crippen molar-refractivity contribution in [2.75, 3.05) is 19.5 Å². The normalized spacial score (nSPS) is 22.9. The molecule has 3 rings (SSSR count). The smallest absolute Gasteiger partial charge is 0.352 e. The number of rotatable bonds is 6. The van der Waals surface area contributed by atoms with Crippen molar-refractivity contribution in [2.45, 2.75) is 17.8 Å². The van der Waals surface area contributed by atoms with Crippen molar-refractivity contribution in [1.29, 1.82) is 0 Å². The van der Waals surface area contributed by atoms with E-state index in [1.807, 2.05) is 17.5 Å². The molecular formula is C15H16N2O5S2. The van der Waals surface area contributed by atoms with Gasteiger partial charge in [0.05, 0.1) is 13.0 Å². The number of fused-ring (bicyclic) bond motifs is 1. The van der Waals surface area contributed by atoms with Gasteiger partial charge in [-0.1, -0.05) is 6.07 Å². The first-order valence-electron chi connectivity index (χ1n) is 7.23. The zero-order valence-corrected chi connectivity index (χ0v) is 14.5. The second-order valence-electron chi connectivity index (χ2n) is 5.40. The van der Waals surface area contributed by atoms with E-state index >= 15 is 0 Å². The van der Waals surface area contributed by atoms with E-state index in [0.29, 0.717) is 11.3 Å². The molecule has 128 valence electrons. The minimum absolute atomic E-state index is 0.0191. The third-order valence-corrected chi connectivity index (χ3v) is 6.02. The van der Waals surface area contributed by atoms with Gasteiger partial charge in [-0.3, -0.25) is 14.5 Å². The Morgan fingerprint density at radius 2 is 2.29 bits per heavy atom. The predicted octanol–water partition coefficient (Wildman–Crippen LogP) is 0.676. The number of aliphatic carboxylic acids is 1. The number of carboxylic acid groups (broad SMARTS) is 1. The zero-order valence-electron chi connectivity index (χ0n) is 12.9. The van der Waals surface area contributed by atoms with Crippen molar-refractivity contribution in [3.8, 4) is 0 Å². The molecule has 0 aliphatic carbocycles. The molecule has 1 aromatic heterocycles. The predicted molar refractivity (Wildman–Crippen MR) is 89.6 cm³/mol. The molecule has 24 heavy (non-hydrogen) atoms. The van der Waals surface area contributed by atoms with Gasteiger partial charge in [0.25, 0.3) is 5.91 Å². The van der Waals surface area contributed by atoms with Crippen molar-refractivity contribution in [2.24, 2.45) is 0 Å². The van der Waals surface area contributed by atoms with Crippen LogP contribution in [0.2, 0.25) is 0 Å². The lowest BCUT2D eigenvalue weighted by atomic mass is 10.0. The van der Waals surface area contributed by atoms with Crippen LogP contribution in [0.5, 0.6) is 0 Å². The van der Waals surface area contributed by atoms with E-state index in [2.05, 4.69) is 5.32 Å². The van der Waals surface area contributed by atoms with Gasteiger partial charge in [-0.25, -0.2) is 4.79 Å². The number of thioether (sulfide) groups is 1. The van der Waals surface area contributed by atoms with Crippen LogP contribution in [-0.4, -0.2) is 58.7 Å². The van der Waals surface area contributed by atoms with E-state index in [-0.39, 0.29) is 30.0 Å². The Bertz CT molecular complexity index is 701. The summed E-state index contributed by atoms with van der Waals surface area (Å²) in [6.07, 6.45) is 0.218. The van der Waals surface area contributed by atoms with Crippen molar-refractivity contribution in [3.63, 3.8) is 0 Å². The van der Waals surface area contributed by atoms with Gasteiger partial charge in [-0.2, -0.15) is 0 Å². The molecule has 0 radical (unpaired) electrons. The molecule has 2 aliphatic heterocycles. The third-order valence-electron chi connectivity index (χ3n) is 3.80. The van der Waals surface area contributed by atoms with Crippen LogP contribution in [0, 0.1) is 0 Å². The van der Waals surface area contributed by atoms with Gasteiger partial charge >= 0.3 is 5.97 Å². The number of nitrogens with one attached hydrogen (secondary N) is 1. The van der Waals surface area contributed by atoms with Crippen LogP contribution in [0.1, 0.15) is 4.88 Å². The summed E-state index contributed by atoms with van der Waals surface area (Å²) in [6, 6.07) is 3.04. The highest BCUT2D eigenvalue weighted by Crippen LogP contribution is 2.40. The molecule has 3 heterocycles. The van der Waals surface area contributed by atoms with Crippen LogP contribution in [-0.2, 0) is 25.5 Å². The third kappa shape index (κ3) is 3.06. The molecule has 7 nitrogen and oxygen atoms in total. The van der Waals surface area contributed by atoms with Gasteiger partial charge in [-0.15, -0.1) is 23.1 Å². The lowest BCUT2D eigenvalue weighted by Gasteiger charge is -2.49. The van der Waals surface area contributed by atoms with Crippen LogP contribution >= 0.6 is 23.1 Å². The summed E-state index contributed by atoms with van der Waals surface area (Å²) in [5, 5.41) is 13.6. The Hall–Kier alpha value is -1.84. The second-order valence-corrected chi connectivity index (χ2v) is 7.54. The Morgan fingerprint density at radius 1 is 1.50 bits per heavy atom. The van der Waals surface area contributed by atoms with Crippen LogP contribution in [0.15, 0.2) is 28.8 Å². The zero-order chi connectivity index (χ0) is 17.3. The Kier molecular flexibility index (Phi) is 4.93. The number of β-lactam (4-membered cyclic amide) rings is 1. The molecule has 0 bridgehead atoms. The van der Waals surface area contributed by atoms with E-state index in [1.54, 1.807) is 0 Å². The first-order valence-corrected chi connectivity index (χ1v) is 9.16. The van der Waals surface area contributed by atoms with Gasteiger partial charge < -0.3 is 15.2 Å². The van der Waals surface area contributed by atoms with Gasteiger partial charge in [0.1, 0.15) is 17.1 Å². The van der Waals surface area contributed by atoms with Crippen LogP contribution in [0.25, 0.3) is 0 Å². The molecular weight excluding hydrogens is 352 g/mol. The molecule has 1 saturated heterocycles. The number of ether oxygens (including phenoxy) is 1. The first kappa shape index (κ1) is 17.0. The van der Waals surface area contributed by atoms with Crippen molar-refractivity contribution < 1.29 is 24.2 Å². The van der Waals surface area contributed by atoms with E-state index in [9.17, 15) is 19.5 Å². The fourth-order valence-corrected chi connectivity index (χ4v) is 4.80. The maximum absolute atomic E-state index is 12.4. The van der Waals surface area contributed by atoms with Crippen molar-refractivity contribution in [3.05, 3.63) is 33.7 Å². The molecule has 2 unspecified atom stereocenters. The summed E-state index contributed by atoms with van der Waals surface area (Å²) >= 11 is 2.91. The quantitative estimate of drug-likeness (QED) is 0.717. The molecule has 2 atom stereocenters. The highest BCUT2D eigenvalue weighted by atomic mass is 32.2. The molecule has 2 amide bonds. The summed E-state index contributed by atoms with van der Waals surface area (Å²) in [5.41, 5.74) is 0.553. The van der Waals surface area contributed by atoms with E-state index in [1.165, 1.54) is 35.1 Å². The summed E-state index contributed by atoms with van der Waals surface area (Å²) in [6.45, 7) is 0.167. The van der Waals surface area contributed by atoms with Gasteiger partial charge in [0, 0.05) is 17.7 Å². The minimum Gasteiger partial charge on any atom is -0.477 e. The highest BCUT2D eigenvalue weighted by molar-refractivity contribution is 8.00. The molecule has 2 aliphatic rings. The fourth-order valence-electron chi connectivity index (χ4n) is 2.76. The Morgan fingerprint density at radius 3 is 2.92 bits per heavy atom. The number of carbonyl (C=O) groups is 3. The molecule has 0 aromatic carbocycles.